The van der Waals surface area contributed by atoms with E-state index in [2.05, 4.69) is 35.4 Å². The van der Waals surface area contributed by atoms with Crippen molar-refractivity contribution in [3.05, 3.63) is 65.4 Å². The fourth-order valence-electron chi connectivity index (χ4n) is 5.00. The molecule has 1 N–H and O–H groups in total. The van der Waals surface area contributed by atoms with Crippen molar-refractivity contribution in [1.82, 2.24) is 10.2 Å². The summed E-state index contributed by atoms with van der Waals surface area (Å²) in [7, 11) is 0. The lowest BCUT2D eigenvalue weighted by atomic mass is 9.71. The molecule has 2 heterocycles. The minimum Gasteiger partial charge on any atom is -0.489 e. The number of hydrogen-bond acceptors (Lipinski definition) is 6. The Morgan fingerprint density at radius 1 is 1.23 bits per heavy atom. The first-order valence-corrected chi connectivity index (χ1v) is 12.3. The molecule has 0 aromatic heterocycles. The second-order valence-electron chi connectivity index (χ2n) is 9.86. The Morgan fingerprint density at radius 3 is 2.86 bits per heavy atom. The zero-order valence-electron chi connectivity index (χ0n) is 20.3. The highest BCUT2D eigenvalue weighted by Gasteiger charge is 2.46. The molecule has 5 rings (SSSR count). The number of ether oxygens (including phenoxy) is 3. The summed E-state index contributed by atoms with van der Waals surface area (Å²) in [6, 6.07) is 5.67. The Hall–Kier alpha value is -3.16. The second kappa shape index (κ2) is 9.84. The van der Waals surface area contributed by atoms with Gasteiger partial charge >= 0.3 is 5.97 Å². The van der Waals surface area contributed by atoms with E-state index in [-0.39, 0.29) is 11.9 Å². The molecule has 4 aliphatic rings. The number of fused-ring (bicyclic) bond motifs is 3. The zero-order valence-corrected chi connectivity index (χ0v) is 20.3. The number of morpholine rings is 1. The lowest BCUT2D eigenvalue weighted by molar-refractivity contribution is -0.142. The summed E-state index contributed by atoms with van der Waals surface area (Å²) < 4.78 is 17.1. The van der Waals surface area contributed by atoms with Gasteiger partial charge in [-0.05, 0) is 48.6 Å². The first-order chi connectivity index (χ1) is 16.9. The van der Waals surface area contributed by atoms with Gasteiger partial charge in [0.1, 0.15) is 18.1 Å². The van der Waals surface area contributed by atoms with Crippen molar-refractivity contribution < 1.29 is 23.8 Å². The number of rotatable bonds is 6. The molecule has 7 nitrogen and oxygen atoms in total. The molecule has 2 unspecified atom stereocenters. The van der Waals surface area contributed by atoms with Crippen LogP contribution in [0.3, 0.4) is 0 Å². The molecular weight excluding hydrogens is 444 g/mol. The smallest absolute Gasteiger partial charge is 0.322 e. The van der Waals surface area contributed by atoms with E-state index >= 15 is 0 Å². The highest BCUT2D eigenvalue weighted by atomic mass is 16.5. The van der Waals surface area contributed by atoms with Crippen LogP contribution in [0.2, 0.25) is 0 Å². The molecule has 0 radical (unpaired) electrons. The second-order valence-corrected chi connectivity index (χ2v) is 9.86. The largest absolute Gasteiger partial charge is 0.489 e. The SMILES string of the molecule is CC1CC=CC=C1COc1ccc2c(c1)OC(=O)C1(C)CC(NC(=O)CN3CCOCC3)=CC=C21. The molecule has 7 heteroatoms. The number of esters is 1. The van der Waals surface area contributed by atoms with Crippen molar-refractivity contribution in [2.75, 3.05) is 39.5 Å². The van der Waals surface area contributed by atoms with Crippen molar-refractivity contribution in [1.29, 1.82) is 0 Å². The Bertz CT molecular complexity index is 1140. The first kappa shape index (κ1) is 23.6. The van der Waals surface area contributed by atoms with Gasteiger partial charge in [-0.1, -0.05) is 31.2 Å². The van der Waals surface area contributed by atoms with Crippen molar-refractivity contribution in [2.24, 2.45) is 11.3 Å². The molecule has 1 amide bonds. The predicted molar refractivity (Wildman–Crippen MR) is 133 cm³/mol. The van der Waals surface area contributed by atoms with E-state index in [4.69, 9.17) is 14.2 Å². The van der Waals surface area contributed by atoms with Gasteiger partial charge in [-0.2, -0.15) is 0 Å². The zero-order chi connectivity index (χ0) is 24.4. The van der Waals surface area contributed by atoms with Crippen LogP contribution < -0.4 is 14.8 Å². The lowest BCUT2D eigenvalue weighted by Crippen LogP contribution is -2.44. The van der Waals surface area contributed by atoms with E-state index < -0.39 is 5.41 Å². The van der Waals surface area contributed by atoms with Gasteiger partial charge in [0.2, 0.25) is 5.91 Å². The van der Waals surface area contributed by atoms with Crippen LogP contribution in [0.25, 0.3) is 5.57 Å². The lowest BCUT2D eigenvalue weighted by Gasteiger charge is -2.38. The van der Waals surface area contributed by atoms with Gasteiger partial charge in [-0.25, -0.2) is 0 Å². The number of amides is 1. The minimum absolute atomic E-state index is 0.0807. The van der Waals surface area contributed by atoms with Crippen molar-refractivity contribution in [2.45, 2.75) is 26.7 Å². The third-order valence-corrected chi connectivity index (χ3v) is 7.23. The molecule has 184 valence electrons. The molecule has 0 bridgehead atoms. The predicted octanol–water partition coefficient (Wildman–Crippen LogP) is 3.63. The summed E-state index contributed by atoms with van der Waals surface area (Å²) in [4.78, 5) is 27.8. The normalized spacial score (nSPS) is 25.9. The van der Waals surface area contributed by atoms with Crippen LogP contribution in [0.4, 0.5) is 0 Å². The number of carbonyl (C=O) groups is 2. The molecule has 1 saturated heterocycles. The van der Waals surface area contributed by atoms with Crippen LogP contribution in [0.15, 0.2) is 59.8 Å². The van der Waals surface area contributed by atoms with Crippen molar-refractivity contribution in [3.8, 4) is 11.5 Å². The van der Waals surface area contributed by atoms with E-state index in [9.17, 15) is 9.59 Å². The van der Waals surface area contributed by atoms with E-state index in [1.807, 2.05) is 31.2 Å². The van der Waals surface area contributed by atoms with Gasteiger partial charge in [-0.15, -0.1) is 0 Å². The quantitative estimate of drug-likeness (QED) is 0.499. The maximum absolute atomic E-state index is 13.1. The average molecular weight is 477 g/mol. The number of carbonyl (C=O) groups excluding carboxylic acids is 2. The number of allylic oxidation sites excluding steroid dienone is 6. The Balaban J connectivity index is 1.30. The molecule has 2 aliphatic carbocycles. The number of hydrogen-bond donors (Lipinski definition) is 1. The molecule has 1 fully saturated rings. The van der Waals surface area contributed by atoms with E-state index in [0.29, 0.717) is 50.2 Å². The maximum Gasteiger partial charge on any atom is 0.322 e. The number of nitrogens with zero attached hydrogens (tertiary/aromatic N) is 1. The standard InChI is InChI=1S/C28H32N2O5/c1-19-5-3-4-6-20(19)18-34-22-8-9-23-24-10-7-21(16-28(24,2)27(32)35-25(23)15-22)29-26(31)17-30-11-13-33-14-12-30/h3-4,6-10,15,19H,5,11-14,16-18H2,1-2H3,(H,29,31). The van der Waals surface area contributed by atoms with Crippen LogP contribution >= 0.6 is 0 Å². The van der Waals surface area contributed by atoms with E-state index in [1.54, 1.807) is 6.07 Å². The molecule has 2 aliphatic heterocycles. The third kappa shape index (κ3) is 4.97. The minimum atomic E-state index is -0.861. The summed E-state index contributed by atoms with van der Waals surface area (Å²) in [6.07, 6.45) is 11.6. The third-order valence-electron chi connectivity index (χ3n) is 7.23. The van der Waals surface area contributed by atoms with E-state index in [0.717, 1.165) is 36.3 Å². The Morgan fingerprint density at radius 2 is 2.06 bits per heavy atom. The number of nitrogens with one attached hydrogen (secondary N) is 1. The van der Waals surface area contributed by atoms with Gasteiger partial charge in [0, 0.05) is 36.8 Å². The van der Waals surface area contributed by atoms with Crippen LogP contribution in [0.1, 0.15) is 32.3 Å². The molecule has 1 aromatic carbocycles. The molecule has 0 spiro atoms. The van der Waals surface area contributed by atoms with Crippen LogP contribution in [0.5, 0.6) is 11.5 Å². The van der Waals surface area contributed by atoms with E-state index in [1.165, 1.54) is 5.57 Å². The maximum atomic E-state index is 13.1. The summed E-state index contributed by atoms with van der Waals surface area (Å²) in [5.74, 6) is 1.23. The van der Waals surface area contributed by atoms with Gasteiger partial charge in [0.25, 0.3) is 0 Å². The Kier molecular flexibility index (Phi) is 6.62. The van der Waals surface area contributed by atoms with Gasteiger partial charge < -0.3 is 19.5 Å². The molecule has 35 heavy (non-hydrogen) atoms. The van der Waals surface area contributed by atoms with Crippen molar-refractivity contribution >= 4 is 17.4 Å². The summed E-state index contributed by atoms with van der Waals surface area (Å²) in [6.45, 7) is 7.67. The topological polar surface area (TPSA) is 77.1 Å². The summed E-state index contributed by atoms with van der Waals surface area (Å²) in [5.41, 5.74) is 2.88. The highest BCUT2D eigenvalue weighted by Crippen LogP contribution is 2.50. The first-order valence-electron chi connectivity index (χ1n) is 12.3. The average Bonchev–Trinajstić information content (AvgIpc) is 2.84. The molecular formula is C28H32N2O5. The number of benzene rings is 1. The van der Waals surface area contributed by atoms with Gasteiger partial charge in [0.05, 0.1) is 25.2 Å². The fraction of sp³-hybridized carbons (Fsp3) is 0.429. The van der Waals surface area contributed by atoms with Crippen LogP contribution in [-0.4, -0.2) is 56.2 Å². The van der Waals surface area contributed by atoms with Gasteiger partial charge in [-0.3, -0.25) is 14.5 Å². The van der Waals surface area contributed by atoms with Crippen molar-refractivity contribution in [3.63, 3.8) is 0 Å². The highest BCUT2D eigenvalue weighted by molar-refractivity contribution is 6.00. The Labute approximate surface area is 206 Å². The monoisotopic (exact) mass is 476 g/mol. The summed E-state index contributed by atoms with van der Waals surface area (Å²) >= 11 is 0. The fourth-order valence-corrected chi connectivity index (χ4v) is 5.00. The van der Waals surface area contributed by atoms with Crippen LogP contribution in [0, 0.1) is 11.3 Å². The van der Waals surface area contributed by atoms with Gasteiger partial charge in [0.15, 0.2) is 0 Å². The summed E-state index contributed by atoms with van der Waals surface area (Å²) in [5, 5.41) is 2.99. The van der Waals surface area contributed by atoms with Crippen LogP contribution in [-0.2, 0) is 14.3 Å². The molecule has 0 saturated carbocycles. The molecule has 2 atom stereocenters. The molecule has 1 aromatic rings.